The number of hydrogen-bond acceptors (Lipinski definition) is 4. The molecule has 0 saturated carbocycles. The summed E-state index contributed by atoms with van der Waals surface area (Å²) in [5.74, 6) is 5.53. The highest BCUT2D eigenvalue weighted by molar-refractivity contribution is 5.96. The molecule has 1 rings (SSSR count). The minimum Gasteiger partial charge on any atom is -0.395 e. The first-order valence-corrected chi connectivity index (χ1v) is 7.10. The third-order valence-corrected chi connectivity index (χ3v) is 2.84. The maximum atomic E-state index is 12.1. The summed E-state index contributed by atoms with van der Waals surface area (Å²) >= 11 is 0. The quantitative estimate of drug-likeness (QED) is 0.560. The molecule has 0 spiro atoms. The van der Waals surface area contributed by atoms with Gasteiger partial charge in [0, 0.05) is 39.1 Å². The highest BCUT2D eigenvalue weighted by atomic mass is 16.5. The van der Waals surface area contributed by atoms with Gasteiger partial charge in [-0.3, -0.25) is 9.78 Å². The van der Waals surface area contributed by atoms with E-state index in [9.17, 15) is 4.79 Å². The van der Waals surface area contributed by atoms with E-state index in [1.807, 2.05) is 0 Å². The molecule has 21 heavy (non-hydrogen) atoms. The van der Waals surface area contributed by atoms with Gasteiger partial charge in [0.05, 0.1) is 17.7 Å². The van der Waals surface area contributed by atoms with Crippen molar-refractivity contribution in [3.8, 4) is 11.8 Å². The lowest BCUT2D eigenvalue weighted by atomic mass is 10.1. The molecule has 0 aliphatic rings. The van der Waals surface area contributed by atoms with Crippen LogP contribution in [0.3, 0.4) is 0 Å². The maximum Gasteiger partial charge on any atom is 0.252 e. The van der Waals surface area contributed by atoms with Crippen molar-refractivity contribution in [3.63, 3.8) is 0 Å². The molecule has 0 aromatic carbocycles. The molecule has 0 saturated heterocycles. The number of nitrogens with zero attached hydrogens (tertiary/aromatic N) is 1. The van der Waals surface area contributed by atoms with Crippen molar-refractivity contribution in [3.05, 3.63) is 29.6 Å². The zero-order chi connectivity index (χ0) is 15.3. The lowest BCUT2D eigenvalue weighted by molar-refractivity contribution is 0.0952. The molecule has 1 aromatic heterocycles. The molecule has 0 aliphatic carbocycles. The number of aliphatic hydroxyl groups excluding tert-OH is 1. The Kier molecular flexibility index (Phi) is 8.85. The Morgan fingerprint density at radius 3 is 3.05 bits per heavy atom. The van der Waals surface area contributed by atoms with E-state index in [1.54, 1.807) is 25.6 Å². The van der Waals surface area contributed by atoms with Crippen LogP contribution < -0.4 is 5.32 Å². The minimum atomic E-state index is -0.141. The number of aliphatic hydroxyl groups is 1. The van der Waals surface area contributed by atoms with Crippen LogP contribution in [-0.4, -0.2) is 42.9 Å². The standard InChI is InChI=1S/C16H22N2O3/c1-21-12-6-2-4-9-18-16(20)15-8-10-17-13-14(15)7-3-5-11-19/h8,10,13,19H,2,4-6,9,11-12H2,1H3,(H,18,20). The maximum absolute atomic E-state index is 12.1. The predicted octanol–water partition coefficient (Wildman–Crippen LogP) is 1.36. The van der Waals surface area contributed by atoms with Crippen molar-refractivity contribution in [2.45, 2.75) is 25.7 Å². The molecule has 0 fully saturated rings. The number of unbranched alkanes of at least 4 members (excludes halogenated alkanes) is 2. The second-order valence-electron chi connectivity index (χ2n) is 4.51. The highest BCUT2D eigenvalue weighted by Crippen LogP contribution is 2.05. The molecule has 5 heteroatoms. The van der Waals surface area contributed by atoms with Crippen molar-refractivity contribution >= 4 is 5.91 Å². The van der Waals surface area contributed by atoms with E-state index in [2.05, 4.69) is 22.1 Å². The minimum absolute atomic E-state index is 0.0102. The summed E-state index contributed by atoms with van der Waals surface area (Å²) < 4.78 is 4.97. The van der Waals surface area contributed by atoms with Crippen molar-refractivity contribution in [1.82, 2.24) is 10.3 Å². The molecule has 1 aromatic rings. The summed E-state index contributed by atoms with van der Waals surface area (Å²) in [7, 11) is 1.69. The van der Waals surface area contributed by atoms with Crippen molar-refractivity contribution in [2.24, 2.45) is 0 Å². The molecule has 0 unspecified atom stereocenters. The number of ether oxygens (including phenoxy) is 1. The summed E-state index contributed by atoms with van der Waals surface area (Å²) in [5.41, 5.74) is 1.11. The average Bonchev–Trinajstić information content (AvgIpc) is 2.51. The molecule has 114 valence electrons. The van der Waals surface area contributed by atoms with E-state index in [-0.39, 0.29) is 12.5 Å². The number of aromatic nitrogens is 1. The van der Waals surface area contributed by atoms with Gasteiger partial charge in [0.2, 0.25) is 0 Å². The van der Waals surface area contributed by atoms with Crippen molar-refractivity contribution in [2.75, 3.05) is 26.9 Å². The van der Waals surface area contributed by atoms with Crippen LogP contribution in [0.4, 0.5) is 0 Å². The van der Waals surface area contributed by atoms with Crippen LogP contribution in [0.2, 0.25) is 0 Å². The number of pyridine rings is 1. The summed E-state index contributed by atoms with van der Waals surface area (Å²) in [4.78, 5) is 16.1. The Bertz CT molecular complexity index is 492. The molecular weight excluding hydrogens is 268 g/mol. The van der Waals surface area contributed by atoms with E-state index in [0.29, 0.717) is 24.1 Å². The zero-order valence-corrected chi connectivity index (χ0v) is 12.4. The van der Waals surface area contributed by atoms with Crippen LogP contribution in [0.5, 0.6) is 0 Å². The second-order valence-corrected chi connectivity index (χ2v) is 4.51. The lowest BCUT2D eigenvalue weighted by Gasteiger charge is -2.06. The Labute approximate surface area is 125 Å². The largest absolute Gasteiger partial charge is 0.395 e. The van der Waals surface area contributed by atoms with Crippen molar-refractivity contribution in [1.29, 1.82) is 0 Å². The van der Waals surface area contributed by atoms with Gasteiger partial charge in [-0.1, -0.05) is 11.8 Å². The number of carbonyl (C=O) groups excluding carboxylic acids is 1. The van der Waals surface area contributed by atoms with Crippen LogP contribution in [0.1, 0.15) is 41.6 Å². The topological polar surface area (TPSA) is 71.5 Å². The SMILES string of the molecule is COCCCCCNC(=O)c1ccncc1C#CCCO. The van der Waals surface area contributed by atoms with E-state index in [4.69, 9.17) is 9.84 Å². The Morgan fingerprint density at radius 1 is 1.43 bits per heavy atom. The first-order chi connectivity index (χ1) is 10.3. The monoisotopic (exact) mass is 290 g/mol. The first-order valence-electron chi connectivity index (χ1n) is 7.10. The molecule has 0 radical (unpaired) electrons. The van der Waals surface area contributed by atoms with Crippen LogP contribution >= 0.6 is 0 Å². The molecular formula is C16H22N2O3. The lowest BCUT2D eigenvalue weighted by Crippen LogP contribution is -2.25. The normalized spacial score (nSPS) is 9.81. The van der Waals surface area contributed by atoms with Gasteiger partial charge >= 0.3 is 0 Å². The van der Waals surface area contributed by atoms with Crippen molar-refractivity contribution < 1.29 is 14.6 Å². The third-order valence-electron chi connectivity index (χ3n) is 2.84. The molecule has 1 heterocycles. The van der Waals surface area contributed by atoms with Gasteiger partial charge in [-0.25, -0.2) is 0 Å². The predicted molar refractivity (Wildman–Crippen MR) is 80.9 cm³/mol. The average molecular weight is 290 g/mol. The fourth-order valence-corrected chi connectivity index (χ4v) is 1.75. The summed E-state index contributed by atoms with van der Waals surface area (Å²) in [6.07, 6.45) is 6.47. The van der Waals surface area contributed by atoms with Crippen LogP contribution in [0, 0.1) is 11.8 Å². The fraction of sp³-hybridized carbons (Fsp3) is 0.500. The number of nitrogens with one attached hydrogen (secondary N) is 1. The van der Waals surface area contributed by atoms with Gasteiger partial charge in [0.1, 0.15) is 0 Å². The van der Waals surface area contributed by atoms with Crippen LogP contribution in [-0.2, 0) is 4.74 Å². The molecule has 1 amide bonds. The third kappa shape index (κ3) is 6.89. The summed E-state index contributed by atoms with van der Waals surface area (Å²) in [5, 5.41) is 11.6. The molecule has 5 nitrogen and oxygen atoms in total. The number of rotatable bonds is 8. The van der Waals surface area contributed by atoms with Gasteiger partial charge in [-0.15, -0.1) is 0 Å². The first kappa shape index (κ1) is 17.2. The zero-order valence-electron chi connectivity index (χ0n) is 12.4. The van der Waals surface area contributed by atoms with Gasteiger partial charge in [0.15, 0.2) is 0 Å². The number of carbonyl (C=O) groups is 1. The van der Waals surface area contributed by atoms with Crippen LogP contribution in [0.15, 0.2) is 18.5 Å². The number of methoxy groups -OCH3 is 1. The Balaban J connectivity index is 2.48. The number of hydrogen-bond donors (Lipinski definition) is 2. The smallest absolute Gasteiger partial charge is 0.252 e. The van der Waals surface area contributed by atoms with E-state index in [0.717, 1.165) is 25.9 Å². The van der Waals surface area contributed by atoms with Gasteiger partial charge < -0.3 is 15.2 Å². The van der Waals surface area contributed by atoms with Gasteiger partial charge in [0.25, 0.3) is 5.91 Å². The molecule has 0 bridgehead atoms. The second kappa shape index (κ2) is 10.8. The summed E-state index contributed by atoms with van der Waals surface area (Å²) in [6.45, 7) is 1.40. The fourth-order valence-electron chi connectivity index (χ4n) is 1.75. The van der Waals surface area contributed by atoms with Crippen LogP contribution in [0.25, 0.3) is 0 Å². The van der Waals surface area contributed by atoms with Gasteiger partial charge in [-0.2, -0.15) is 0 Å². The van der Waals surface area contributed by atoms with E-state index < -0.39 is 0 Å². The van der Waals surface area contributed by atoms with E-state index in [1.165, 1.54) is 0 Å². The molecule has 0 aliphatic heterocycles. The van der Waals surface area contributed by atoms with Gasteiger partial charge in [-0.05, 0) is 25.3 Å². The Hall–Kier alpha value is -1.90. The Morgan fingerprint density at radius 2 is 2.29 bits per heavy atom. The summed E-state index contributed by atoms with van der Waals surface area (Å²) in [6, 6.07) is 1.66. The highest BCUT2D eigenvalue weighted by Gasteiger charge is 2.09. The molecule has 2 N–H and O–H groups in total. The molecule has 0 atom stereocenters. The van der Waals surface area contributed by atoms with E-state index >= 15 is 0 Å². The number of amides is 1.